The SMILES string of the molecule is COC(=O)C1CC[NH+](CN2C(=O)N[C@](C)(CCc3ccc(OC)cc3)C2=O)CC1. The molecule has 0 spiro atoms. The van der Waals surface area contributed by atoms with Gasteiger partial charge in [-0.1, -0.05) is 12.1 Å². The number of quaternary nitrogens is 1. The number of benzene rings is 1. The van der Waals surface area contributed by atoms with Gasteiger partial charge in [-0.2, -0.15) is 0 Å². The topological polar surface area (TPSA) is 89.4 Å². The molecule has 158 valence electrons. The molecule has 8 nitrogen and oxygen atoms in total. The van der Waals surface area contributed by atoms with Crippen LogP contribution in [0.4, 0.5) is 4.79 Å². The summed E-state index contributed by atoms with van der Waals surface area (Å²) in [7, 11) is 3.03. The van der Waals surface area contributed by atoms with Gasteiger partial charge < -0.3 is 19.7 Å². The maximum atomic E-state index is 13.0. The second-order valence-electron chi connectivity index (χ2n) is 8.05. The van der Waals surface area contributed by atoms with Crippen LogP contribution in [0.5, 0.6) is 5.75 Å². The van der Waals surface area contributed by atoms with Gasteiger partial charge in [-0.25, -0.2) is 9.69 Å². The maximum absolute atomic E-state index is 13.0. The van der Waals surface area contributed by atoms with E-state index in [9.17, 15) is 14.4 Å². The summed E-state index contributed by atoms with van der Waals surface area (Å²) >= 11 is 0. The first-order valence-electron chi connectivity index (χ1n) is 10.0. The summed E-state index contributed by atoms with van der Waals surface area (Å²) < 4.78 is 9.98. The van der Waals surface area contributed by atoms with E-state index in [4.69, 9.17) is 9.47 Å². The number of hydrogen-bond acceptors (Lipinski definition) is 5. The predicted molar refractivity (Wildman–Crippen MR) is 105 cm³/mol. The Labute approximate surface area is 171 Å². The van der Waals surface area contributed by atoms with Crippen molar-refractivity contribution in [1.29, 1.82) is 0 Å². The van der Waals surface area contributed by atoms with Gasteiger partial charge in [-0.3, -0.25) is 9.59 Å². The number of carbonyl (C=O) groups excluding carboxylic acids is 3. The monoisotopic (exact) mass is 404 g/mol. The summed E-state index contributed by atoms with van der Waals surface area (Å²) in [5.74, 6) is 0.348. The normalized spacial score (nSPS) is 26.9. The van der Waals surface area contributed by atoms with Gasteiger partial charge in [0.15, 0.2) is 6.67 Å². The number of ether oxygens (including phenoxy) is 2. The number of amides is 3. The second kappa shape index (κ2) is 8.82. The molecular weight excluding hydrogens is 374 g/mol. The van der Waals surface area contributed by atoms with Crippen molar-refractivity contribution in [2.24, 2.45) is 5.92 Å². The smallest absolute Gasteiger partial charge is 0.329 e. The Bertz CT molecular complexity index is 758. The van der Waals surface area contributed by atoms with Crippen molar-refractivity contribution < 1.29 is 28.8 Å². The number of nitrogens with one attached hydrogen (secondary N) is 2. The van der Waals surface area contributed by atoms with E-state index >= 15 is 0 Å². The molecule has 0 saturated carbocycles. The average molecular weight is 404 g/mol. The highest BCUT2D eigenvalue weighted by Gasteiger charge is 2.48. The van der Waals surface area contributed by atoms with Crippen molar-refractivity contribution in [3.8, 4) is 5.75 Å². The van der Waals surface area contributed by atoms with Crippen LogP contribution in [0.2, 0.25) is 0 Å². The van der Waals surface area contributed by atoms with E-state index in [0.29, 0.717) is 32.4 Å². The van der Waals surface area contributed by atoms with Gasteiger partial charge in [-0.05, 0) is 37.5 Å². The molecule has 0 bridgehead atoms. The van der Waals surface area contributed by atoms with Crippen LogP contribution >= 0.6 is 0 Å². The van der Waals surface area contributed by atoms with E-state index in [0.717, 1.165) is 29.3 Å². The third kappa shape index (κ3) is 4.70. The minimum Gasteiger partial charge on any atom is -0.497 e. The number of imide groups is 1. The van der Waals surface area contributed by atoms with Crippen molar-refractivity contribution in [2.75, 3.05) is 34.0 Å². The average Bonchev–Trinajstić information content (AvgIpc) is 2.96. The molecule has 3 rings (SSSR count). The van der Waals surface area contributed by atoms with Crippen LogP contribution in [0.25, 0.3) is 0 Å². The Morgan fingerprint density at radius 2 is 1.86 bits per heavy atom. The van der Waals surface area contributed by atoms with Gasteiger partial charge in [0.25, 0.3) is 5.91 Å². The first-order chi connectivity index (χ1) is 13.9. The Kier molecular flexibility index (Phi) is 6.42. The lowest BCUT2D eigenvalue weighted by molar-refractivity contribution is -0.913. The molecule has 8 heteroatoms. The molecule has 0 radical (unpaired) electrons. The molecule has 2 N–H and O–H groups in total. The number of hydrogen-bond donors (Lipinski definition) is 2. The van der Waals surface area contributed by atoms with Crippen molar-refractivity contribution in [2.45, 2.75) is 38.1 Å². The molecule has 2 heterocycles. The maximum Gasteiger partial charge on any atom is 0.329 e. The lowest BCUT2D eigenvalue weighted by Crippen LogP contribution is -3.14. The number of nitrogens with zero attached hydrogens (tertiary/aromatic N) is 1. The summed E-state index contributed by atoms with van der Waals surface area (Å²) in [6.07, 6.45) is 2.62. The standard InChI is InChI=1S/C21H29N3O5/c1-21(11-8-15-4-6-17(28-2)7-5-15)19(26)24(20(27)22-21)14-23-12-9-16(10-13-23)18(25)29-3/h4-7,16H,8-14H2,1-3H3,(H,22,27)/p+1/t21-/m1/s1. The minimum absolute atomic E-state index is 0.0818. The van der Waals surface area contributed by atoms with Gasteiger partial charge in [0.1, 0.15) is 11.3 Å². The van der Waals surface area contributed by atoms with Crippen molar-refractivity contribution in [3.05, 3.63) is 29.8 Å². The third-order valence-electron chi connectivity index (χ3n) is 6.03. The molecule has 1 aromatic carbocycles. The summed E-state index contributed by atoms with van der Waals surface area (Å²) in [4.78, 5) is 39.6. The van der Waals surface area contributed by atoms with Crippen molar-refractivity contribution in [1.82, 2.24) is 10.2 Å². The quantitative estimate of drug-likeness (QED) is 0.506. The fourth-order valence-corrected chi connectivity index (χ4v) is 4.06. The number of methoxy groups -OCH3 is 2. The molecule has 0 unspecified atom stereocenters. The van der Waals surface area contributed by atoms with Crippen LogP contribution in [-0.2, 0) is 20.7 Å². The molecule has 0 aromatic heterocycles. The highest BCUT2D eigenvalue weighted by Crippen LogP contribution is 2.23. The fraction of sp³-hybridized carbons (Fsp3) is 0.571. The van der Waals surface area contributed by atoms with Gasteiger partial charge in [-0.15, -0.1) is 0 Å². The summed E-state index contributed by atoms with van der Waals surface area (Å²) in [6, 6.07) is 7.38. The zero-order valence-electron chi connectivity index (χ0n) is 17.3. The summed E-state index contributed by atoms with van der Waals surface area (Å²) in [5, 5.41) is 2.87. The molecule has 29 heavy (non-hydrogen) atoms. The molecule has 1 atom stereocenters. The third-order valence-corrected chi connectivity index (χ3v) is 6.03. The number of piperidine rings is 1. The lowest BCUT2D eigenvalue weighted by atomic mass is 9.93. The Balaban J connectivity index is 1.55. The lowest BCUT2D eigenvalue weighted by Gasteiger charge is -2.30. The number of rotatable bonds is 7. The van der Waals surface area contributed by atoms with Gasteiger partial charge in [0.05, 0.1) is 33.2 Å². The van der Waals surface area contributed by atoms with Crippen molar-refractivity contribution in [3.63, 3.8) is 0 Å². The van der Waals surface area contributed by atoms with Crippen LogP contribution in [0.15, 0.2) is 24.3 Å². The molecule has 0 aliphatic carbocycles. The predicted octanol–water partition coefficient (Wildman–Crippen LogP) is 0.364. The number of likely N-dealkylation sites (tertiary alicyclic amines) is 1. The van der Waals surface area contributed by atoms with E-state index in [2.05, 4.69) is 5.32 Å². The highest BCUT2D eigenvalue weighted by atomic mass is 16.5. The molecule has 2 aliphatic rings. The zero-order valence-corrected chi connectivity index (χ0v) is 17.3. The Morgan fingerprint density at radius 1 is 1.21 bits per heavy atom. The molecule has 1 aromatic rings. The molecule has 2 fully saturated rings. The first-order valence-corrected chi connectivity index (χ1v) is 10.0. The Hall–Kier alpha value is -2.61. The number of carbonyl (C=O) groups is 3. The van der Waals surface area contributed by atoms with Gasteiger partial charge in [0, 0.05) is 12.8 Å². The van der Waals surface area contributed by atoms with Gasteiger partial charge in [0.2, 0.25) is 0 Å². The van der Waals surface area contributed by atoms with Crippen LogP contribution in [-0.4, -0.2) is 62.3 Å². The molecule has 2 saturated heterocycles. The van der Waals surface area contributed by atoms with Crippen LogP contribution < -0.4 is 15.0 Å². The van der Waals surface area contributed by atoms with Crippen LogP contribution in [0, 0.1) is 5.92 Å². The van der Waals surface area contributed by atoms with E-state index in [-0.39, 0.29) is 23.8 Å². The molecule has 3 amide bonds. The summed E-state index contributed by atoms with van der Waals surface area (Å²) in [5.41, 5.74) is 0.184. The van der Waals surface area contributed by atoms with Crippen LogP contribution in [0.3, 0.4) is 0 Å². The number of urea groups is 1. The van der Waals surface area contributed by atoms with E-state index in [1.165, 1.54) is 12.0 Å². The molecule has 2 aliphatic heterocycles. The summed E-state index contributed by atoms with van der Waals surface area (Å²) in [6.45, 7) is 3.59. The number of aryl methyl sites for hydroxylation is 1. The fourth-order valence-electron chi connectivity index (χ4n) is 4.06. The largest absolute Gasteiger partial charge is 0.497 e. The first kappa shape index (κ1) is 21.1. The Morgan fingerprint density at radius 3 is 2.45 bits per heavy atom. The minimum atomic E-state index is -0.902. The van der Waals surface area contributed by atoms with E-state index in [1.807, 2.05) is 24.3 Å². The van der Waals surface area contributed by atoms with Crippen LogP contribution in [0.1, 0.15) is 31.7 Å². The highest BCUT2D eigenvalue weighted by molar-refractivity contribution is 6.06. The van der Waals surface area contributed by atoms with Gasteiger partial charge >= 0.3 is 12.0 Å². The molecular formula is C21H30N3O5+. The van der Waals surface area contributed by atoms with E-state index < -0.39 is 5.54 Å². The second-order valence-corrected chi connectivity index (χ2v) is 8.05. The zero-order chi connectivity index (χ0) is 21.0. The van der Waals surface area contributed by atoms with E-state index in [1.54, 1.807) is 14.0 Å². The number of esters is 1. The van der Waals surface area contributed by atoms with Crippen molar-refractivity contribution >= 4 is 17.9 Å².